The number of nitrogen functional groups attached to an aromatic ring is 1. The minimum Gasteiger partial charge on any atom is -0.497 e. The molecule has 2 amide bonds. The molecule has 4 aliphatic heterocycles. The lowest BCUT2D eigenvalue weighted by Gasteiger charge is -2.27. The van der Waals surface area contributed by atoms with Gasteiger partial charge in [0.2, 0.25) is 11.8 Å². The molecule has 4 aromatic rings. The van der Waals surface area contributed by atoms with Crippen molar-refractivity contribution in [1.82, 2.24) is 24.8 Å². The Morgan fingerprint density at radius 2 is 1.68 bits per heavy atom. The number of hydrogen-bond donors (Lipinski definition) is 3. The van der Waals surface area contributed by atoms with Gasteiger partial charge >= 0.3 is 20.6 Å². The van der Waals surface area contributed by atoms with Crippen LogP contribution in [-0.4, -0.2) is 105 Å². The van der Waals surface area contributed by atoms with E-state index < -0.39 is 101 Å². The van der Waals surface area contributed by atoms with Crippen molar-refractivity contribution in [3.8, 4) is 11.5 Å². The smallest absolute Gasteiger partial charge is 0.472 e. The van der Waals surface area contributed by atoms with Gasteiger partial charge in [-0.05, 0) is 53.3 Å². The van der Waals surface area contributed by atoms with Gasteiger partial charge in [0.15, 0.2) is 30.0 Å². The van der Waals surface area contributed by atoms with Crippen LogP contribution in [0, 0.1) is 5.92 Å². The monoisotopic (exact) mass is 894 g/mol. The maximum atomic E-state index is 16.5. The Balaban J connectivity index is 1.08. The number of aromatic nitrogens is 4. The van der Waals surface area contributed by atoms with Crippen LogP contribution in [0.3, 0.4) is 0 Å². The van der Waals surface area contributed by atoms with Gasteiger partial charge < -0.3 is 29.6 Å². The van der Waals surface area contributed by atoms with E-state index >= 15 is 8.78 Å². The maximum Gasteiger partial charge on any atom is 0.472 e. The fourth-order valence-corrected chi connectivity index (χ4v) is 11.1. The number of halogens is 2. The molecular formula is C35H34F2N6O14P2S. The normalized spacial score (nSPS) is 33.3. The van der Waals surface area contributed by atoms with Crippen LogP contribution >= 0.6 is 26.0 Å². The van der Waals surface area contributed by atoms with Crippen LogP contribution in [0.4, 0.5) is 14.6 Å². The zero-order chi connectivity index (χ0) is 42.3. The van der Waals surface area contributed by atoms with Crippen LogP contribution in [0.5, 0.6) is 11.5 Å². The summed E-state index contributed by atoms with van der Waals surface area (Å²) in [6.45, 7) is -6.45. The number of alkyl halides is 2. The number of phosphoric acid groups is 1. The Labute approximate surface area is 341 Å². The summed E-state index contributed by atoms with van der Waals surface area (Å²) in [5, 5.41) is 2.03. The quantitative estimate of drug-likeness (QED) is 0.0984. The molecule has 0 spiro atoms. The SMILES string of the molecule is COc1ccc(C(=O)Oc2ccc(CSP3(=O)OC[C@H]4O[C@@H](C5C=CC(=O)NC5=O)[C@H](F)[C@@H]4OP(=O)(O)OC[C@H]4O[C@@H](n5cnc6c(N)ncnc65)[C@H](O3)[C@@H]4F)cc2)cc1. The van der Waals surface area contributed by atoms with Gasteiger partial charge in [0.1, 0.15) is 53.9 Å². The number of carbonyl (C=O) groups is 3. The zero-order valence-electron chi connectivity index (χ0n) is 30.9. The molecule has 8 rings (SSSR count). The molecule has 20 nitrogen and oxygen atoms in total. The Morgan fingerprint density at radius 3 is 2.42 bits per heavy atom. The minimum atomic E-state index is -5.26. The van der Waals surface area contributed by atoms with Crippen molar-refractivity contribution < 1.29 is 74.2 Å². The van der Waals surface area contributed by atoms with E-state index in [2.05, 4.69) is 15.0 Å². The number of anilines is 1. The average Bonchev–Trinajstić information content (AvgIpc) is 3.89. The van der Waals surface area contributed by atoms with Crippen LogP contribution in [0.25, 0.3) is 11.2 Å². The molecule has 3 fully saturated rings. The first kappa shape index (κ1) is 42.0. The van der Waals surface area contributed by atoms with Gasteiger partial charge in [0.05, 0.1) is 38.1 Å². The first-order valence-electron chi connectivity index (χ1n) is 17.9. The molecule has 11 atom stereocenters. The number of amides is 2. The second-order valence-corrected chi connectivity index (χ2v) is 19.0. The third-order valence-corrected chi connectivity index (χ3v) is 14.4. The summed E-state index contributed by atoms with van der Waals surface area (Å²) in [5.74, 6) is -3.06. The van der Waals surface area contributed by atoms with Crippen LogP contribution in [0.15, 0.2) is 73.3 Å². The third-order valence-electron chi connectivity index (χ3n) is 9.76. The van der Waals surface area contributed by atoms with Gasteiger partial charge in [-0.1, -0.05) is 18.2 Å². The largest absolute Gasteiger partial charge is 0.497 e. The van der Waals surface area contributed by atoms with Gasteiger partial charge in [0.25, 0.3) is 0 Å². The van der Waals surface area contributed by atoms with Crippen LogP contribution in [-0.2, 0) is 52.0 Å². The molecule has 4 N–H and O–H groups in total. The molecule has 0 radical (unpaired) electrons. The number of phosphoric ester groups is 1. The summed E-state index contributed by atoms with van der Waals surface area (Å²) in [6, 6.07) is 12.4. The number of nitrogens with one attached hydrogen (secondary N) is 1. The predicted octanol–water partition coefficient (Wildman–Crippen LogP) is 3.77. The summed E-state index contributed by atoms with van der Waals surface area (Å²) >= 11 is 0.598. The number of fused-ring (bicyclic) bond motifs is 4. The van der Waals surface area contributed by atoms with E-state index in [1.807, 2.05) is 5.32 Å². The molecule has 25 heteroatoms. The lowest BCUT2D eigenvalue weighted by molar-refractivity contribution is -0.135. The Morgan fingerprint density at radius 1 is 0.950 bits per heavy atom. The highest BCUT2D eigenvalue weighted by Gasteiger charge is 2.56. The highest BCUT2D eigenvalue weighted by Crippen LogP contribution is 2.65. The molecule has 0 aliphatic carbocycles. The van der Waals surface area contributed by atoms with E-state index in [9.17, 15) is 28.4 Å². The van der Waals surface area contributed by atoms with Crippen molar-refractivity contribution in [2.75, 3.05) is 26.1 Å². The second-order valence-electron chi connectivity index (χ2n) is 13.6. The fourth-order valence-electron chi connectivity index (χ4n) is 6.76. The van der Waals surface area contributed by atoms with Gasteiger partial charge in [-0.25, -0.2) is 37.7 Å². The van der Waals surface area contributed by atoms with Crippen molar-refractivity contribution >= 4 is 60.8 Å². The first-order valence-corrected chi connectivity index (χ1v) is 22.6. The lowest BCUT2D eigenvalue weighted by atomic mass is 9.94. The number of imide groups is 1. The number of esters is 1. The molecule has 60 heavy (non-hydrogen) atoms. The molecule has 3 unspecified atom stereocenters. The molecule has 4 aliphatic rings. The van der Waals surface area contributed by atoms with Gasteiger partial charge in [0, 0.05) is 11.8 Å². The highest BCUT2D eigenvalue weighted by molar-refractivity contribution is 8.54. The average molecular weight is 895 g/mol. The van der Waals surface area contributed by atoms with Crippen molar-refractivity contribution in [1.29, 1.82) is 0 Å². The summed E-state index contributed by atoms with van der Waals surface area (Å²) < 4.78 is 107. The second kappa shape index (κ2) is 17.0. The van der Waals surface area contributed by atoms with Crippen molar-refractivity contribution in [2.45, 2.75) is 54.8 Å². The number of hydrogen-bond acceptors (Lipinski definition) is 18. The zero-order valence-corrected chi connectivity index (χ0v) is 33.5. The third kappa shape index (κ3) is 8.73. The number of benzene rings is 2. The van der Waals surface area contributed by atoms with E-state index in [-0.39, 0.29) is 34.0 Å². The molecule has 2 aromatic carbocycles. The number of nitrogens with two attached hydrogens (primary N) is 1. The number of nitrogens with zero attached hydrogens (tertiary/aromatic N) is 4. The molecule has 0 saturated carbocycles. The van der Waals surface area contributed by atoms with Gasteiger partial charge in [-0.2, -0.15) is 0 Å². The molecule has 2 aromatic heterocycles. The Hall–Kier alpha value is -4.67. The fraction of sp³-hybridized carbons (Fsp3) is 0.371. The standard InChI is InChI=1S/C35H34F2N6O14P2S/c1-50-19-8-4-18(5-9-19)35(46)53-20-6-2-17(3-7-20)14-60-59(49)52-13-23-29(26(37)28(54-23)21-10-11-24(44)42-33(21)45)56-58(47,48)51-12-22-25(36)30(57-59)34(55-22)43-16-41-27-31(38)39-15-40-32(27)43/h2-11,15-16,21-23,25-26,28-30,34H,12-14H2,1H3,(H,47,48)(H2,38,39,40)(H,42,44,45)/t21?,22-,23-,25-,26+,28+,29-,30-,34-,59?/m1/s1. The van der Waals surface area contributed by atoms with Crippen LogP contribution in [0.2, 0.25) is 0 Å². The van der Waals surface area contributed by atoms with Crippen LogP contribution < -0.4 is 20.5 Å². The highest BCUT2D eigenvalue weighted by atomic mass is 32.7. The van der Waals surface area contributed by atoms with Gasteiger partial charge in [-0.15, -0.1) is 0 Å². The van der Waals surface area contributed by atoms with Crippen LogP contribution in [0.1, 0.15) is 22.1 Å². The maximum absolute atomic E-state index is 16.5. The first-order chi connectivity index (χ1) is 28.7. The van der Waals surface area contributed by atoms with E-state index in [1.54, 1.807) is 24.3 Å². The summed E-state index contributed by atoms with van der Waals surface area (Å²) in [4.78, 5) is 60.1. The van der Waals surface area contributed by atoms with Gasteiger partial charge in [-0.3, -0.25) is 37.6 Å². The van der Waals surface area contributed by atoms with E-state index in [0.717, 1.165) is 18.5 Å². The number of carbonyl (C=O) groups excluding carboxylic acids is 3. The molecule has 3 saturated heterocycles. The summed E-state index contributed by atoms with van der Waals surface area (Å²) in [5.41, 5.74) is 6.94. The lowest BCUT2D eigenvalue weighted by Crippen LogP contribution is -2.45. The summed E-state index contributed by atoms with van der Waals surface area (Å²) in [6.07, 6.45) is -10.3. The Bertz CT molecular complexity index is 2410. The Kier molecular flexibility index (Phi) is 11.9. The predicted molar refractivity (Wildman–Crippen MR) is 203 cm³/mol. The van der Waals surface area contributed by atoms with Crippen molar-refractivity contribution in [3.05, 3.63) is 84.5 Å². The van der Waals surface area contributed by atoms with E-state index in [1.165, 1.54) is 42.3 Å². The molecule has 6 heterocycles. The molecule has 318 valence electrons. The summed E-state index contributed by atoms with van der Waals surface area (Å²) in [7, 11) is -3.76. The molecular weight excluding hydrogens is 860 g/mol. The number of imidazole rings is 1. The minimum absolute atomic E-state index is 0.0131. The van der Waals surface area contributed by atoms with E-state index in [0.29, 0.717) is 22.7 Å². The number of ether oxygens (including phenoxy) is 4. The topological polar surface area (TPSA) is 261 Å². The van der Waals surface area contributed by atoms with E-state index in [4.69, 9.17) is 42.8 Å². The number of methoxy groups -OCH3 is 1. The molecule has 2 bridgehead atoms. The number of rotatable bonds is 8. The van der Waals surface area contributed by atoms with Crippen molar-refractivity contribution in [2.24, 2.45) is 5.92 Å². The van der Waals surface area contributed by atoms with Crippen molar-refractivity contribution in [3.63, 3.8) is 0 Å².